The number of nitrogens with one attached hydrogen (secondary N) is 1. The average Bonchev–Trinajstić information content (AvgIpc) is 3.51. The number of benzene rings is 3. The molecule has 1 aromatic heterocycles. The molecule has 4 atom stereocenters. The molecule has 11 heteroatoms. The van der Waals surface area contributed by atoms with Gasteiger partial charge in [0.1, 0.15) is 35.5 Å². The summed E-state index contributed by atoms with van der Waals surface area (Å²) in [6, 6.07) is 27.6. The lowest BCUT2D eigenvalue weighted by Gasteiger charge is -2.43. The van der Waals surface area contributed by atoms with E-state index in [0.29, 0.717) is 23.5 Å². The molecule has 1 fully saturated rings. The monoisotopic (exact) mass is 697 g/mol. The molecular weight excluding hydrogens is 651 g/mol. The highest BCUT2D eigenvalue weighted by molar-refractivity contribution is 6.74. The van der Waals surface area contributed by atoms with Gasteiger partial charge in [0.25, 0.3) is 5.56 Å². The molecule has 0 bridgehead atoms. The molecule has 0 saturated carbocycles. The van der Waals surface area contributed by atoms with Crippen LogP contribution in [0.25, 0.3) is 0 Å². The number of aromatic nitrogens is 2. The number of aryl methyl sites for hydroxylation is 1. The third kappa shape index (κ3) is 7.34. The highest BCUT2D eigenvalue weighted by Crippen LogP contribution is 2.47. The molecule has 1 aliphatic rings. The standard InChI is InChI=1S/C39H47N3O7Si/c1-26-25-42(37(44)41-36(26)43)34-24-33(49-50(7,8)38(2,3)4)35(47-34)32(22-23-40)48-39(27-12-10-9-11-13-27,28-14-18-30(45-5)19-15-28)29-16-20-31(46-6)21-17-29/h9-21,25,32-35H,22,24H2,1-8H3,(H,41,43,44)/t32-,33-,34+,35+/m0/s1. The maximum Gasteiger partial charge on any atom is 0.330 e. The molecule has 0 amide bonds. The van der Waals surface area contributed by atoms with Crippen LogP contribution in [0, 0.1) is 18.3 Å². The fourth-order valence-electron chi connectivity index (χ4n) is 6.20. The average molecular weight is 698 g/mol. The molecule has 2 heterocycles. The largest absolute Gasteiger partial charge is 0.497 e. The van der Waals surface area contributed by atoms with Gasteiger partial charge in [-0.15, -0.1) is 0 Å². The Balaban J connectivity index is 1.70. The van der Waals surface area contributed by atoms with E-state index in [-0.39, 0.29) is 11.5 Å². The summed E-state index contributed by atoms with van der Waals surface area (Å²) in [5, 5.41) is 10.2. The summed E-state index contributed by atoms with van der Waals surface area (Å²) >= 11 is 0. The summed E-state index contributed by atoms with van der Waals surface area (Å²) < 4.78 is 33.6. The van der Waals surface area contributed by atoms with Crippen molar-refractivity contribution in [3.8, 4) is 17.6 Å². The molecule has 5 rings (SSSR count). The Morgan fingerprint density at radius 1 is 0.920 bits per heavy atom. The molecule has 264 valence electrons. The van der Waals surface area contributed by atoms with Gasteiger partial charge in [-0.2, -0.15) is 5.26 Å². The van der Waals surface area contributed by atoms with Crippen molar-refractivity contribution >= 4 is 8.32 Å². The summed E-state index contributed by atoms with van der Waals surface area (Å²) in [7, 11) is 0.830. The molecule has 3 aromatic carbocycles. The van der Waals surface area contributed by atoms with Crippen molar-refractivity contribution in [2.24, 2.45) is 0 Å². The zero-order valence-electron chi connectivity index (χ0n) is 30.1. The molecule has 0 aliphatic carbocycles. The lowest BCUT2D eigenvalue weighted by Crippen LogP contribution is -2.50. The lowest BCUT2D eigenvalue weighted by atomic mass is 9.79. The van der Waals surface area contributed by atoms with Crippen LogP contribution in [0.1, 0.15) is 62.1 Å². The predicted molar refractivity (Wildman–Crippen MR) is 194 cm³/mol. The van der Waals surface area contributed by atoms with Crippen molar-refractivity contribution in [3.05, 3.63) is 128 Å². The van der Waals surface area contributed by atoms with E-state index >= 15 is 0 Å². The van der Waals surface area contributed by atoms with Crippen LogP contribution in [0.4, 0.5) is 0 Å². The highest BCUT2D eigenvalue weighted by atomic mass is 28.4. The summed E-state index contributed by atoms with van der Waals surface area (Å²) in [4.78, 5) is 27.8. The van der Waals surface area contributed by atoms with E-state index in [0.717, 1.165) is 16.7 Å². The van der Waals surface area contributed by atoms with Crippen LogP contribution in [-0.2, 0) is 19.5 Å². The zero-order valence-corrected chi connectivity index (χ0v) is 31.1. The van der Waals surface area contributed by atoms with Crippen molar-refractivity contribution in [1.82, 2.24) is 9.55 Å². The molecule has 0 radical (unpaired) electrons. The van der Waals surface area contributed by atoms with Crippen LogP contribution in [0.5, 0.6) is 11.5 Å². The van der Waals surface area contributed by atoms with Crippen molar-refractivity contribution < 1.29 is 23.4 Å². The van der Waals surface area contributed by atoms with Crippen LogP contribution in [0.3, 0.4) is 0 Å². The van der Waals surface area contributed by atoms with E-state index < -0.39 is 49.7 Å². The Kier molecular flexibility index (Phi) is 10.9. The minimum absolute atomic E-state index is 0.0325. The molecule has 0 unspecified atom stereocenters. The second-order valence-electron chi connectivity index (χ2n) is 14.2. The van der Waals surface area contributed by atoms with E-state index in [9.17, 15) is 14.9 Å². The summed E-state index contributed by atoms with van der Waals surface area (Å²) in [6.45, 7) is 12.5. The van der Waals surface area contributed by atoms with Crippen LogP contribution in [0.15, 0.2) is 94.6 Å². The maximum atomic E-state index is 13.1. The number of hydrogen-bond donors (Lipinski definition) is 1. The van der Waals surface area contributed by atoms with E-state index in [2.05, 4.69) is 44.9 Å². The fraction of sp³-hybridized carbons (Fsp3) is 0.410. The molecule has 1 aliphatic heterocycles. The van der Waals surface area contributed by atoms with Crippen LogP contribution < -0.4 is 20.7 Å². The molecular formula is C39H47N3O7Si. The number of ether oxygens (including phenoxy) is 4. The van der Waals surface area contributed by atoms with Gasteiger partial charge in [0, 0.05) is 18.2 Å². The van der Waals surface area contributed by atoms with Gasteiger partial charge in [0.15, 0.2) is 8.32 Å². The number of rotatable bonds is 12. The maximum absolute atomic E-state index is 13.1. The Morgan fingerprint density at radius 2 is 1.46 bits per heavy atom. The Morgan fingerprint density at radius 3 is 1.96 bits per heavy atom. The third-order valence-electron chi connectivity index (χ3n) is 9.98. The third-order valence-corrected chi connectivity index (χ3v) is 14.5. The van der Waals surface area contributed by atoms with Gasteiger partial charge >= 0.3 is 5.69 Å². The van der Waals surface area contributed by atoms with E-state index in [1.807, 2.05) is 78.9 Å². The normalized spacial score (nSPS) is 18.7. The lowest BCUT2D eigenvalue weighted by molar-refractivity contribution is -0.141. The van der Waals surface area contributed by atoms with Gasteiger partial charge in [-0.3, -0.25) is 14.3 Å². The molecule has 1 saturated heterocycles. The van der Waals surface area contributed by atoms with Gasteiger partial charge in [-0.05, 0) is 66.0 Å². The van der Waals surface area contributed by atoms with Gasteiger partial charge in [-0.25, -0.2) is 4.79 Å². The van der Waals surface area contributed by atoms with E-state index in [1.54, 1.807) is 21.1 Å². The van der Waals surface area contributed by atoms with Gasteiger partial charge < -0.3 is 23.4 Å². The van der Waals surface area contributed by atoms with Crippen molar-refractivity contribution in [1.29, 1.82) is 5.26 Å². The quantitative estimate of drug-likeness (QED) is 0.126. The predicted octanol–water partition coefficient (Wildman–Crippen LogP) is 6.83. The minimum atomic E-state index is -2.41. The zero-order chi connectivity index (χ0) is 36.3. The Hall–Kier alpha value is -4.47. The smallest absolute Gasteiger partial charge is 0.330 e. The molecule has 4 aromatic rings. The molecule has 50 heavy (non-hydrogen) atoms. The van der Waals surface area contributed by atoms with Gasteiger partial charge in [0.2, 0.25) is 0 Å². The first-order chi connectivity index (χ1) is 23.7. The van der Waals surface area contributed by atoms with Gasteiger partial charge in [-0.1, -0.05) is 75.4 Å². The highest BCUT2D eigenvalue weighted by Gasteiger charge is 2.50. The van der Waals surface area contributed by atoms with Crippen molar-refractivity contribution in [2.75, 3.05) is 14.2 Å². The van der Waals surface area contributed by atoms with E-state index in [1.165, 1.54) is 10.8 Å². The fourth-order valence-corrected chi connectivity index (χ4v) is 7.55. The SMILES string of the molecule is COc1ccc(C(O[C@@H](CC#N)[C@H]2O[C@@H](n3cc(C)c(=O)[nH]c3=O)C[C@@H]2O[Si](C)(C)C(C)(C)C)(c2ccccc2)c2ccc(OC)cc2)cc1. The number of hydrogen-bond acceptors (Lipinski definition) is 8. The number of nitrogens with zero attached hydrogens (tertiary/aromatic N) is 2. The van der Waals surface area contributed by atoms with Crippen LogP contribution in [-0.4, -0.2) is 50.4 Å². The topological polar surface area (TPSA) is 125 Å². The number of nitriles is 1. The van der Waals surface area contributed by atoms with Crippen LogP contribution in [0.2, 0.25) is 18.1 Å². The molecule has 10 nitrogen and oxygen atoms in total. The van der Waals surface area contributed by atoms with Crippen molar-refractivity contribution in [2.45, 2.75) is 88.8 Å². The Labute approximate surface area is 294 Å². The first-order valence-electron chi connectivity index (χ1n) is 16.8. The number of methoxy groups -OCH3 is 2. The van der Waals surface area contributed by atoms with Gasteiger partial charge in [0.05, 0.1) is 32.8 Å². The molecule has 1 N–H and O–H groups in total. The number of aromatic amines is 1. The second-order valence-corrected chi connectivity index (χ2v) is 19.0. The van der Waals surface area contributed by atoms with Crippen molar-refractivity contribution in [3.63, 3.8) is 0 Å². The summed E-state index contributed by atoms with van der Waals surface area (Å²) in [5.41, 5.74) is 0.573. The van der Waals surface area contributed by atoms with E-state index in [4.69, 9.17) is 23.4 Å². The van der Waals surface area contributed by atoms with Crippen LogP contribution >= 0.6 is 0 Å². The number of H-pyrrole nitrogens is 1. The first-order valence-corrected chi connectivity index (χ1v) is 19.7. The Bertz CT molecular complexity index is 1860. The first kappa shape index (κ1) is 36.8. The summed E-state index contributed by atoms with van der Waals surface area (Å²) in [6.07, 6.45) is -1.08. The minimum Gasteiger partial charge on any atom is -0.497 e. The second kappa shape index (κ2) is 14.8. The summed E-state index contributed by atoms with van der Waals surface area (Å²) in [5.74, 6) is 1.37. The molecule has 0 spiro atoms.